The van der Waals surface area contributed by atoms with E-state index in [1.807, 2.05) is 0 Å². The van der Waals surface area contributed by atoms with Gasteiger partial charge in [-0.25, -0.2) is 8.42 Å². The molecular weight excluding hydrogens is 210 g/mol. The zero-order valence-electron chi connectivity index (χ0n) is 10.7. The molecule has 1 aliphatic rings. The maximum atomic E-state index is 12.1. The summed E-state index contributed by atoms with van der Waals surface area (Å²) in [7, 11) is -2.97. The van der Waals surface area contributed by atoms with Crippen molar-refractivity contribution in [3.05, 3.63) is 0 Å². The lowest BCUT2D eigenvalue weighted by atomic mass is 10.0. The molecule has 0 aromatic carbocycles. The van der Waals surface area contributed by atoms with E-state index in [-0.39, 0.29) is 10.8 Å². The van der Waals surface area contributed by atoms with Crippen LogP contribution in [-0.2, 0) is 9.84 Å². The summed E-state index contributed by atoms with van der Waals surface area (Å²) in [4.78, 5) is 2.21. The van der Waals surface area contributed by atoms with E-state index in [1.54, 1.807) is 20.8 Å². The van der Waals surface area contributed by atoms with Gasteiger partial charge in [0.25, 0.3) is 0 Å². The maximum absolute atomic E-state index is 12.1. The average molecular weight is 233 g/mol. The van der Waals surface area contributed by atoms with Crippen LogP contribution in [0.3, 0.4) is 0 Å². The monoisotopic (exact) mass is 233 g/mol. The van der Waals surface area contributed by atoms with Crippen LogP contribution in [0.1, 0.15) is 41.5 Å². The number of hydrogen-bond donors (Lipinski definition) is 0. The van der Waals surface area contributed by atoms with E-state index < -0.39 is 14.6 Å². The molecule has 1 fully saturated rings. The predicted molar refractivity (Wildman–Crippen MR) is 63.8 cm³/mol. The minimum atomic E-state index is -2.97. The second kappa shape index (κ2) is 3.45. The molecule has 15 heavy (non-hydrogen) atoms. The average Bonchev–Trinajstić information content (AvgIpc) is 1.74. The van der Waals surface area contributed by atoms with Gasteiger partial charge in [0.15, 0.2) is 9.84 Å². The normalized spacial score (nSPS) is 21.5. The fourth-order valence-corrected chi connectivity index (χ4v) is 3.43. The van der Waals surface area contributed by atoms with Crippen molar-refractivity contribution >= 4 is 9.84 Å². The largest absolute Gasteiger partial charge is 0.296 e. The Kier molecular flexibility index (Phi) is 2.99. The number of likely N-dealkylation sites (tertiary alicyclic amines) is 1. The maximum Gasteiger partial charge on any atom is 0.160 e. The molecule has 1 aliphatic heterocycles. The zero-order valence-corrected chi connectivity index (χ0v) is 11.5. The van der Waals surface area contributed by atoms with Crippen LogP contribution in [0.4, 0.5) is 0 Å². The van der Waals surface area contributed by atoms with Crippen molar-refractivity contribution in [2.24, 2.45) is 0 Å². The minimum absolute atomic E-state index is 0.0872. The van der Waals surface area contributed by atoms with Crippen LogP contribution in [-0.4, -0.2) is 41.9 Å². The molecular formula is C11H23NO2S. The van der Waals surface area contributed by atoms with Gasteiger partial charge in [-0.3, -0.25) is 4.90 Å². The molecule has 0 bridgehead atoms. The molecule has 0 aromatic rings. The smallest absolute Gasteiger partial charge is 0.160 e. The molecule has 0 amide bonds. The Morgan fingerprint density at radius 2 is 1.40 bits per heavy atom. The van der Waals surface area contributed by atoms with Crippen molar-refractivity contribution in [2.45, 2.75) is 57.1 Å². The Morgan fingerprint density at radius 1 is 1.00 bits per heavy atom. The Hall–Kier alpha value is -0.0900. The van der Waals surface area contributed by atoms with Crippen LogP contribution in [0.25, 0.3) is 0 Å². The number of sulfone groups is 1. The highest BCUT2D eigenvalue weighted by atomic mass is 32.2. The van der Waals surface area contributed by atoms with Crippen molar-refractivity contribution in [2.75, 3.05) is 13.1 Å². The first kappa shape index (κ1) is 13.0. The lowest BCUT2D eigenvalue weighted by Crippen LogP contribution is -2.63. The highest BCUT2D eigenvalue weighted by molar-refractivity contribution is 7.93. The van der Waals surface area contributed by atoms with Crippen LogP contribution in [0, 0.1) is 0 Å². The van der Waals surface area contributed by atoms with Gasteiger partial charge in [-0.05, 0) is 41.5 Å². The van der Waals surface area contributed by atoms with Crippen LogP contribution in [0.15, 0.2) is 0 Å². The molecule has 1 rings (SSSR count). The number of nitrogens with zero attached hydrogens (tertiary/aromatic N) is 1. The van der Waals surface area contributed by atoms with Crippen LogP contribution >= 0.6 is 0 Å². The standard InChI is InChI=1S/C11H23NO2S/c1-10(2,3)12-7-9(8-12)15(13,14)11(4,5)6/h9H,7-8H2,1-6H3. The molecule has 1 saturated heterocycles. The Morgan fingerprint density at radius 3 is 1.67 bits per heavy atom. The van der Waals surface area contributed by atoms with Crippen LogP contribution in [0.2, 0.25) is 0 Å². The van der Waals surface area contributed by atoms with Gasteiger partial charge in [-0.15, -0.1) is 0 Å². The van der Waals surface area contributed by atoms with Crippen molar-refractivity contribution in [3.8, 4) is 0 Å². The summed E-state index contributed by atoms with van der Waals surface area (Å²) in [5.41, 5.74) is 0.0872. The van der Waals surface area contributed by atoms with Crippen LogP contribution < -0.4 is 0 Å². The summed E-state index contributed by atoms with van der Waals surface area (Å²) in [5, 5.41) is -0.170. The van der Waals surface area contributed by atoms with Crippen molar-refractivity contribution in [1.29, 1.82) is 0 Å². The Bertz CT molecular complexity index is 327. The molecule has 0 spiro atoms. The first-order valence-electron chi connectivity index (χ1n) is 5.45. The van der Waals surface area contributed by atoms with Gasteiger partial charge >= 0.3 is 0 Å². The van der Waals surface area contributed by atoms with Gasteiger partial charge in [0.05, 0.1) is 10.00 Å². The van der Waals surface area contributed by atoms with E-state index in [0.717, 1.165) is 0 Å². The van der Waals surface area contributed by atoms with E-state index in [4.69, 9.17) is 0 Å². The van der Waals surface area contributed by atoms with Gasteiger partial charge in [0.1, 0.15) is 0 Å². The van der Waals surface area contributed by atoms with E-state index in [1.165, 1.54) is 0 Å². The minimum Gasteiger partial charge on any atom is -0.296 e. The molecule has 0 radical (unpaired) electrons. The fraction of sp³-hybridized carbons (Fsp3) is 1.00. The third-order valence-corrected chi connectivity index (χ3v) is 5.97. The molecule has 0 saturated carbocycles. The van der Waals surface area contributed by atoms with Gasteiger partial charge < -0.3 is 0 Å². The lowest BCUT2D eigenvalue weighted by molar-refractivity contribution is 0.0717. The molecule has 1 heterocycles. The SMILES string of the molecule is CC(C)(C)N1CC(S(=O)(=O)C(C)(C)C)C1. The third kappa shape index (κ3) is 2.36. The van der Waals surface area contributed by atoms with E-state index >= 15 is 0 Å². The molecule has 0 aliphatic carbocycles. The van der Waals surface area contributed by atoms with Gasteiger partial charge in [-0.1, -0.05) is 0 Å². The Balaban J connectivity index is 2.68. The number of hydrogen-bond acceptors (Lipinski definition) is 3. The van der Waals surface area contributed by atoms with E-state index in [9.17, 15) is 8.42 Å². The first-order chi connectivity index (χ1) is 6.46. The molecule has 0 unspecified atom stereocenters. The molecule has 90 valence electrons. The fourth-order valence-electron chi connectivity index (χ4n) is 1.68. The van der Waals surface area contributed by atoms with Crippen LogP contribution in [0.5, 0.6) is 0 Å². The summed E-state index contributed by atoms with van der Waals surface area (Å²) in [6.07, 6.45) is 0. The molecule has 4 heteroatoms. The summed E-state index contributed by atoms with van der Waals surface area (Å²) in [6, 6.07) is 0. The first-order valence-corrected chi connectivity index (χ1v) is 6.99. The second-order valence-corrected chi connectivity index (χ2v) is 9.34. The second-order valence-electron chi connectivity index (χ2n) is 6.36. The summed E-state index contributed by atoms with van der Waals surface area (Å²) in [5.74, 6) is 0. The van der Waals surface area contributed by atoms with E-state index in [2.05, 4.69) is 25.7 Å². The summed E-state index contributed by atoms with van der Waals surface area (Å²) >= 11 is 0. The van der Waals surface area contributed by atoms with Crippen molar-refractivity contribution < 1.29 is 8.42 Å². The molecule has 0 atom stereocenters. The lowest BCUT2D eigenvalue weighted by Gasteiger charge is -2.48. The highest BCUT2D eigenvalue weighted by Gasteiger charge is 2.46. The van der Waals surface area contributed by atoms with Gasteiger partial charge in [0.2, 0.25) is 0 Å². The summed E-state index contributed by atoms with van der Waals surface area (Å²) in [6.45, 7) is 13.1. The molecule has 0 aromatic heterocycles. The quantitative estimate of drug-likeness (QED) is 0.691. The third-order valence-electron chi connectivity index (χ3n) is 3.09. The molecule has 0 N–H and O–H groups in total. The predicted octanol–water partition coefficient (Wildman–Crippen LogP) is 1.68. The zero-order chi connectivity index (χ0) is 12.1. The molecule has 3 nitrogen and oxygen atoms in total. The summed E-state index contributed by atoms with van der Waals surface area (Å²) < 4.78 is 23.5. The number of rotatable bonds is 1. The van der Waals surface area contributed by atoms with Gasteiger partial charge in [0, 0.05) is 18.6 Å². The Labute approximate surface area is 93.8 Å². The van der Waals surface area contributed by atoms with E-state index in [0.29, 0.717) is 13.1 Å². The topological polar surface area (TPSA) is 37.4 Å². The van der Waals surface area contributed by atoms with Crippen molar-refractivity contribution in [1.82, 2.24) is 4.90 Å². The highest BCUT2D eigenvalue weighted by Crippen LogP contribution is 2.30. The van der Waals surface area contributed by atoms with Gasteiger partial charge in [-0.2, -0.15) is 0 Å². The van der Waals surface area contributed by atoms with Crippen molar-refractivity contribution in [3.63, 3.8) is 0 Å².